The predicted octanol–water partition coefficient (Wildman–Crippen LogP) is 14.3. The monoisotopic (exact) mass is 739 g/mol. The first kappa shape index (κ1) is 32.8. The first-order valence-electron chi connectivity index (χ1n) is 20.1. The van der Waals surface area contributed by atoms with Crippen molar-refractivity contribution >= 4 is 54.1 Å². The largest absolute Gasteiger partial charge is 0.309 e. The summed E-state index contributed by atoms with van der Waals surface area (Å²) >= 11 is 0. The lowest BCUT2D eigenvalue weighted by Gasteiger charge is -2.22. The maximum atomic E-state index is 5.31. The summed E-state index contributed by atoms with van der Waals surface area (Å²) in [6, 6.07) is 68.1. The Morgan fingerprint density at radius 3 is 1.81 bits per heavy atom. The van der Waals surface area contributed by atoms with Gasteiger partial charge in [0.1, 0.15) is 0 Å². The molecule has 0 bridgehead atoms. The number of nitrogens with zero attached hydrogens (tertiary/aromatic N) is 3. The van der Waals surface area contributed by atoms with Gasteiger partial charge in [-0.1, -0.05) is 159 Å². The van der Waals surface area contributed by atoms with Crippen molar-refractivity contribution in [3.05, 3.63) is 199 Å². The molecule has 272 valence electrons. The summed E-state index contributed by atoms with van der Waals surface area (Å²) in [5, 5.41) is 10.1. The van der Waals surface area contributed by atoms with Gasteiger partial charge in [-0.05, 0) is 91.6 Å². The van der Waals surface area contributed by atoms with Crippen LogP contribution in [0.25, 0.3) is 105 Å². The average molecular weight is 740 g/mol. The smallest absolute Gasteiger partial charge is 0.160 e. The van der Waals surface area contributed by atoms with Gasteiger partial charge in [0, 0.05) is 44.0 Å². The van der Waals surface area contributed by atoms with Gasteiger partial charge in [-0.2, -0.15) is 0 Å². The summed E-state index contributed by atoms with van der Waals surface area (Å²) in [7, 11) is 0. The fourth-order valence-electron chi connectivity index (χ4n) is 9.81. The van der Waals surface area contributed by atoms with Gasteiger partial charge < -0.3 is 4.57 Å². The Balaban J connectivity index is 1.06. The van der Waals surface area contributed by atoms with Crippen LogP contribution in [0.4, 0.5) is 0 Å². The van der Waals surface area contributed by atoms with Crippen molar-refractivity contribution in [2.24, 2.45) is 0 Å². The normalized spacial score (nSPS) is 13.1. The zero-order valence-electron chi connectivity index (χ0n) is 32.2. The second-order valence-electron chi connectivity index (χ2n) is 16.1. The molecule has 2 aromatic heterocycles. The van der Waals surface area contributed by atoms with Gasteiger partial charge in [-0.15, -0.1) is 0 Å². The molecule has 58 heavy (non-hydrogen) atoms. The van der Waals surface area contributed by atoms with Crippen LogP contribution < -0.4 is 0 Å². The molecule has 11 aromatic rings. The van der Waals surface area contributed by atoms with Crippen LogP contribution >= 0.6 is 0 Å². The third-order valence-corrected chi connectivity index (χ3v) is 12.6. The highest BCUT2D eigenvalue weighted by Gasteiger charge is 2.35. The number of benzene rings is 9. The second kappa shape index (κ2) is 12.3. The van der Waals surface area contributed by atoms with Crippen molar-refractivity contribution in [2.45, 2.75) is 19.3 Å². The van der Waals surface area contributed by atoms with Gasteiger partial charge in [0.2, 0.25) is 0 Å². The Labute approximate surface area is 336 Å². The summed E-state index contributed by atoms with van der Waals surface area (Å²) < 4.78 is 2.46. The third kappa shape index (κ3) is 4.74. The quantitative estimate of drug-likeness (QED) is 0.168. The van der Waals surface area contributed by atoms with Gasteiger partial charge >= 0.3 is 0 Å². The van der Waals surface area contributed by atoms with Gasteiger partial charge in [0.05, 0.1) is 22.4 Å². The number of fused-ring (bicyclic) bond motifs is 13. The lowest BCUT2D eigenvalue weighted by atomic mass is 9.82. The maximum absolute atomic E-state index is 5.31. The molecule has 0 N–H and O–H groups in total. The number of hydrogen-bond acceptors (Lipinski definition) is 2. The van der Waals surface area contributed by atoms with E-state index in [0.29, 0.717) is 5.82 Å². The van der Waals surface area contributed by atoms with Crippen LogP contribution in [0.3, 0.4) is 0 Å². The van der Waals surface area contributed by atoms with E-state index in [-0.39, 0.29) is 5.41 Å². The van der Waals surface area contributed by atoms with E-state index in [0.717, 1.165) is 33.8 Å². The number of aromatic nitrogens is 3. The summed E-state index contributed by atoms with van der Waals surface area (Å²) in [6.07, 6.45) is 0. The predicted molar refractivity (Wildman–Crippen MR) is 243 cm³/mol. The van der Waals surface area contributed by atoms with Crippen molar-refractivity contribution in [3.8, 4) is 50.7 Å². The first-order chi connectivity index (χ1) is 28.5. The standard InChI is InChI=1S/C55H37N3/c1-55(2)46-23-13-12-20-42(46)43-30-26-37(32-47(43)55)49-33-48(35-15-4-3-5-16-35)56-54(57-49)36-24-28-38(29-25-36)58-50-31-27-34-14-6-7-17-39(34)51(50)52-44-21-10-8-18-40(44)41-19-9-11-22-45(41)53(52)58/h3-33H,1-2H3. The molecule has 1 aliphatic rings. The molecule has 0 unspecified atom stereocenters. The molecule has 9 aromatic carbocycles. The molecule has 3 heteroatoms. The molecule has 0 amide bonds. The fraction of sp³-hybridized carbons (Fsp3) is 0.0545. The van der Waals surface area contributed by atoms with Crippen LogP contribution in [0.2, 0.25) is 0 Å². The van der Waals surface area contributed by atoms with Crippen molar-refractivity contribution < 1.29 is 0 Å². The minimum absolute atomic E-state index is 0.105. The van der Waals surface area contributed by atoms with Crippen molar-refractivity contribution in [3.63, 3.8) is 0 Å². The van der Waals surface area contributed by atoms with Gasteiger partial charge in [-0.3, -0.25) is 0 Å². The summed E-state index contributed by atoms with van der Waals surface area (Å²) in [4.78, 5) is 10.5. The van der Waals surface area contributed by atoms with Crippen LogP contribution in [0.15, 0.2) is 188 Å². The Kier molecular flexibility index (Phi) is 6.98. The van der Waals surface area contributed by atoms with Crippen LogP contribution in [0, 0.1) is 0 Å². The Morgan fingerprint density at radius 1 is 0.414 bits per heavy atom. The Bertz CT molecular complexity index is 3460. The zero-order chi connectivity index (χ0) is 38.5. The summed E-state index contributed by atoms with van der Waals surface area (Å²) in [5.74, 6) is 0.704. The topological polar surface area (TPSA) is 30.7 Å². The van der Waals surface area contributed by atoms with Crippen LogP contribution in [-0.4, -0.2) is 14.5 Å². The van der Waals surface area contributed by atoms with Gasteiger partial charge in [0.15, 0.2) is 5.82 Å². The second-order valence-corrected chi connectivity index (χ2v) is 16.1. The lowest BCUT2D eigenvalue weighted by Crippen LogP contribution is -2.14. The van der Waals surface area contributed by atoms with Gasteiger partial charge in [-0.25, -0.2) is 9.97 Å². The molecular weight excluding hydrogens is 703 g/mol. The highest BCUT2D eigenvalue weighted by Crippen LogP contribution is 2.50. The molecule has 0 saturated carbocycles. The molecule has 2 heterocycles. The van der Waals surface area contributed by atoms with E-state index in [9.17, 15) is 0 Å². The molecular formula is C55H37N3. The van der Waals surface area contributed by atoms with E-state index in [1.54, 1.807) is 0 Å². The fourth-order valence-corrected chi connectivity index (χ4v) is 9.81. The molecule has 0 radical (unpaired) electrons. The molecule has 0 fully saturated rings. The zero-order valence-corrected chi connectivity index (χ0v) is 32.2. The van der Waals surface area contributed by atoms with E-state index in [1.807, 2.05) is 0 Å². The summed E-state index contributed by atoms with van der Waals surface area (Å²) in [5.41, 5.74) is 13.7. The van der Waals surface area contributed by atoms with Crippen molar-refractivity contribution in [2.75, 3.05) is 0 Å². The number of rotatable bonds is 4. The van der Waals surface area contributed by atoms with E-state index < -0.39 is 0 Å². The molecule has 0 spiro atoms. The summed E-state index contributed by atoms with van der Waals surface area (Å²) in [6.45, 7) is 4.66. The molecule has 0 aliphatic heterocycles. The van der Waals surface area contributed by atoms with E-state index in [2.05, 4.69) is 206 Å². The molecule has 0 saturated heterocycles. The Morgan fingerprint density at radius 2 is 1.02 bits per heavy atom. The average Bonchev–Trinajstić information content (AvgIpc) is 3.76. The molecule has 3 nitrogen and oxygen atoms in total. The molecule has 1 aliphatic carbocycles. The minimum atomic E-state index is -0.105. The maximum Gasteiger partial charge on any atom is 0.160 e. The van der Waals surface area contributed by atoms with Crippen molar-refractivity contribution in [1.29, 1.82) is 0 Å². The first-order valence-corrected chi connectivity index (χ1v) is 20.1. The van der Waals surface area contributed by atoms with Gasteiger partial charge in [0.25, 0.3) is 0 Å². The Hall–Kier alpha value is -7.36. The lowest BCUT2D eigenvalue weighted by molar-refractivity contribution is 0.660. The SMILES string of the molecule is CC1(C)c2ccccc2-c2ccc(-c3cc(-c4ccccc4)nc(-c4ccc(-n5c6ccc7ccccc7c6c6c7ccccc7c7ccccc7c65)cc4)n3)cc21. The van der Waals surface area contributed by atoms with E-state index >= 15 is 0 Å². The van der Waals surface area contributed by atoms with Crippen LogP contribution in [-0.2, 0) is 5.41 Å². The van der Waals surface area contributed by atoms with Crippen LogP contribution in [0.5, 0.6) is 0 Å². The third-order valence-electron chi connectivity index (χ3n) is 12.6. The highest BCUT2D eigenvalue weighted by molar-refractivity contribution is 6.35. The molecule has 12 rings (SSSR count). The molecule has 0 atom stereocenters. The van der Waals surface area contributed by atoms with Crippen LogP contribution in [0.1, 0.15) is 25.0 Å². The van der Waals surface area contributed by atoms with E-state index in [4.69, 9.17) is 9.97 Å². The van der Waals surface area contributed by atoms with E-state index in [1.165, 1.54) is 76.4 Å². The minimum Gasteiger partial charge on any atom is -0.309 e. The number of hydrogen-bond donors (Lipinski definition) is 0. The highest BCUT2D eigenvalue weighted by atomic mass is 15.0. The van der Waals surface area contributed by atoms with Crippen molar-refractivity contribution in [1.82, 2.24) is 14.5 Å².